The SMILES string of the molecule is CC(C)(CNC(=O)Cl)c1ccc(Cl)cc1. The van der Waals surface area contributed by atoms with Crippen LogP contribution in [0.2, 0.25) is 5.02 Å². The first-order valence-electron chi connectivity index (χ1n) is 4.61. The van der Waals surface area contributed by atoms with Crippen LogP contribution < -0.4 is 5.32 Å². The van der Waals surface area contributed by atoms with E-state index in [0.717, 1.165) is 5.56 Å². The fourth-order valence-corrected chi connectivity index (χ4v) is 1.49. The first-order valence-corrected chi connectivity index (χ1v) is 5.37. The quantitative estimate of drug-likeness (QED) is 0.641. The molecule has 1 aromatic carbocycles. The molecule has 0 saturated heterocycles. The molecule has 0 aliphatic heterocycles. The molecule has 0 radical (unpaired) electrons. The fourth-order valence-electron chi connectivity index (χ4n) is 1.29. The molecule has 1 amide bonds. The van der Waals surface area contributed by atoms with E-state index in [0.29, 0.717) is 11.6 Å². The molecule has 0 atom stereocenters. The Morgan fingerprint density at radius 2 is 1.87 bits per heavy atom. The highest BCUT2D eigenvalue weighted by Gasteiger charge is 2.20. The minimum atomic E-state index is -0.531. The minimum absolute atomic E-state index is 0.158. The average molecular weight is 246 g/mol. The molecule has 1 N–H and O–H groups in total. The van der Waals surface area contributed by atoms with Crippen LogP contribution in [0.1, 0.15) is 19.4 Å². The van der Waals surface area contributed by atoms with E-state index >= 15 is 0 Å². The second-order valence-corrected chi connectivity index (χ2v) is 4.80. The molecule has 0 aromatic heterocycles. The lowest BCUT2D eigenvalue weighted by molar-refractivity contribution is 0.257. The van der Waals surface area contributed by atoms with Gasteiger partial charge in [-0.15, -0.1) is 0 Å². The Kier molecular flexibility index (Phi) is 4.00. The third kappa shape index (κ3) is 3.73. The van der Waals surface area contributed by atoms with E-state index in [2.05, 4.69) is 5.32 Å². The van der Waals surface area contributed by atoms with E-state index in [-0.39, 0.29) is 5.41 Å². The normalized spacial score (nSPS) is 11.2. The van der Waals surface area contributed by atoms with Gasteiger partial charge < -0.3 is 5.32 Å². The number of hydrogen-bond acceptors (Lipinski definition) is 1. The van der Waals surface area contributed by atoms with Gasteiger partial charge in [0.1, 0.15) is 0 Å². The van der Waals surface area contributed by atoms with Crippen LogP contribution in [0.4, 0.5) is 4.79 Å². The van der Waals surface area contributed by atoms with Crippen molar-refractivity contribution in [2.24, 2.45) is 0 Å². The Morgan fingerprint density at radius 3 is 2.33 bits per heavy atom. The lowest BCUT2D eigenvalue weighted by Gasteiger charge is -2.25. The van der Waals surface area contributed by atoms with Gasteiger partial charge in [-0.2, -0.15) is 0 Å². The Hall–Kier alpha value is -0.730. The van der Waals surface area contributed by atoms with Crippen molar-refractivity contribution in [2.45, 2.75) is 19.3 Å². The van der Waals surface area contributed by atoms with Crippen molar-refractivity contribution >= 4 is 28.6 Å². The van der Waals surface area contributed by atoms with Crippen LogP contribution in [0.3, 0.4) is 0 Å². The second kappa shape index (κ2) is 4.86. The zero-order valence-corrected chi connectivity index (χ0v) is 10.2. The van der Waals surface area contributed by atoms with Crippen LogP contribution in [-0.4, -0.2) is 11.9 Å². The summed E-state index contributed by atoms with van der Waals surface area (Å²) in [5, 5.41) is 2.77. The predicted octanol–water partition coefficient (Wildman–Crippen LogP) is 3.57. The molecule has 0 aliphatic rings. The molecule has 15 heavy (non-hydrogen) atoms. The van der Waals surface area contributed by atoms with Gasteiger partial charge in [-0.1, -0.05) is 37.6 Å². The lowest BCUT2D eigenvalue weighted by atomic mass is 9.85. The van der Waals surface area contributed by atoms with E-state index in [1.54, 1.807) is 0 Å². The summed E-state index contributed by atoms with van der Waals surface area (Å²) < 4.78 is 0. The number of carbonyl (C=O) groups is 1. The first kappa shape index (κ1) is 12.3. The van der Waals surface area contributed by atoms with Crippen LogP contribution in [-0.2, 0) is 5.41 Å². The third-order valence-corrected chi connectivity index (χ3v) is 2.68. The highest BCUT2D eigenvalue weighted by molar-refractivity contribution is 6.62. The number of halogens is 2. The molecule has 0 aliphatic carbocycles. The average Bonchev–Trinajstić information content (AvgIpc) is 2.16. The van der Waals surface area contributed by atoms with Crippen molar-refractivity contribution in [3.8, 4) is 0 Å². The third-order valence-electron chi connectivity index (χ3n) is 2.30. The Balaban J connectivity index is 2.76. The van der Waals surface area contributed by atoms with Crippen LogP contribution in [0, 0.1) is 0 Å². The van der Waals surface area contributed by atoms with Gasteiger partial charge in [0.25, 0.3) is 0 Å². The molecular formula is C11H13Cl2NO. The number of nitrogens with one attached hydrogen (secondary N) is 1. The van der Waals surface area contributed by atoms with E-state index in [1.807, 2.05) is 38.1 Å². The molecule has 2 nitrogen and oxygen atoms in total. The maximum atomic E-state index is 10.6. The smallest absolute Gasteiger partial charge is 0.313 e. The van der Waals surface area contributed by atoms with Gasteiger partial charge in [-0.05, 0) is 29.3 Å². The molecule has 1 rings (SSSR count). The van der Waals surface area contributed by atoms with Crippen molar-refractivity contribution in [3.05, 3.63) is 34.9 Å². The molecule has 0 saturated carbocycles. The Labute approximate surface area is 99.6 Å². The van der Waals surface area contributed by atoms with Crippen molar-refractivity contribution in [2.75, 3.05) is 6.54 Å². The molecule has 4 heteroatoms. The van der Waals surface area contributed by atoms with Crippen molar-refractivity contribution in [1.29, 1.82) is 0 Å². The van der Waals surface area contributed by atoms with Crippen molar-refractivity contribution < 1.29 is 4.79 Å². The van der Waals surface area contributed by atoms with E-state index < -0.39 is 5.37 Å². The van der Waals surface area contributed by atoms with Gasteiger partial charge in [0.05, 0.1) is 0 Å². The maximum Gasteiger partial charge on any atom is 0.313 e. The van der Waals surface area contributed by atoms with E-state index in [1.165, 1.54) is 0 Å². The van der Waals surface area contributed by atoms with Crippen LogP contribution >= 0.6 is 23.2 Å². The first-order chi connectivity index (χ1) is 6.92. The summed E-state index contributed by atoms with van der Waals surface area (Å²) in [5.41, 5.74) is 0.951. The molecule has 82 valence electrons. The summed E-state index contributed by atoms with van der Waals surface area (Å²) in [4.78, 5) is 10.6. The summed E-state index contributed by atoms with van der Waals surface area (Å²) in [7, 11) is 0. The lowest BCUT2D eigenvalue weighted by Crippen LogP contribution is -2.34. The van der Waals surface area contributed by atoms with Gasteiger partial charge in [0.2, 0.25) is 0 Å². The highest BCUT2D eigenvalue weighted by atomic mass is 35.5. The van der Waals surface area contributed by atoms with Crippen molar-refractivity contribution in [3.63, 3.8) is 0 Å². The van der Waals surface area contributed by atoms with Crippen LogP contribution in [0.15, 0.2) is 24.3 Å². The maximum absolute atomic E-state index is 10.6. The van der Waals surface area contributed by atoms with E-state index in [9.17, 15) is 4.79 Å². The summed E-state index contributed by atoms with van der Waals surface area (Å²) >= 11 is 11.0. The molecule has 0 unspecified atom stereocenters. The van der Waals surface area contributed by atoms with E-state index in [4.69, 9.17) is 23.2 Å². The molecule has 0 bridgehead atoms. The second-order valence-electron chi connectivity index (χ2n) is 4.02. The summed E-state index contributed by atoms with van der Waals surface area (Å²) in [6.45, 7) is 4.56. The number of rotatable bonds is 3. The summed E-state index contributed by atoms with van der Waals surface area (Å²) in [5.74, 6) is 0. The molecular weight excluding hydrogens is 233 g/mol. The topological polar surface area (TPSA) is 29.1 Å². The molecule has 0 spiro atoms. The summed E-state index contributed by atoms with van der Waals surface area (Å²) in [6, 6.07) is 7.56. The van der Waals surface area contributed by atoms with Gasteiger partial charge in [0, 0.05) is 17.0 Å². The van der Waals surface area contributed by atoms with Gasteiger partial charge in [-0.3, -0.25) is 4.79 Å². The zero-order chi connectivity index (χ0) is 11.5. The largest absolute Gasteiger partial charge is 0.342 e. The van der Waals surface area contributed by atoms with Crippen LogP contribution in [0.5, 0.6) is 0 Å². The number of hydrogen-bond donors (Lipinski definition) is 1. The van der Waals surface area contributed by atoms with Gasteiger partial charge in [0.15, 0.2) is 0 Å². The molecule has 0 fully saturated rings. The molecule has 1 aromatic rings. The standard InChI is InChI=1S/C11H13Cl2NO/c1-11(2,7-14-10(13)15)8-3-5-9(12)6-4-8/h3-6H,7H2,1-2H3,(H,14,15). The van der Waals surface area contributed by atoms with Crippen molar-refractivity contribution in [1.82, 2.24) is 5.32 Å². The number of benzene rings is 1. The minimum Gasteiger partial charge on any atom is -0.342 e. The zero-order valence-electron chi connectivity index (χ0n) is 8.68. The fraction of sp³-hybridized carbons (Fsp3) is 0.364. The van der Waals surface area contributed by atoms with Gasteiger partial charge >= 0.3 is 5.37 Å². The summed E-state index contributed by atoms with van der Waals surface area (Å²) in [6.07, 6.45) is 0. The Bertz CT molecular complexity index is 346. The number of carbonyl (C=O) groups excluding carboxylic acids is 1. The predicted molar refractivity (Wildman–Crippen MR) is 63.7 cm³/mol. The Morgan fingerprint density at radius 1 is 1.33 bits per heavy atom. The van der Waals surface area contributed by atoms with Crippen LogP contribution in [0.25, 0.3) is 0 Å². The molecule has 0 heterocycles. The van der Waals surface area contributed by atoms with Gasteiger partial charge in [-0.25, -0.2) is 0 Å². The monoisotopic (exact) mass is 245 g/mol. The number of amides is 1. The highest BCUT2D eigenvalue weighted by Crippen LogP contribution is 2.23.